The molecule has 0 amide bonds. The second kappa shape index (κ2) is 13.4. The fraction of sp³-hybridized carbons (Fsp3) is 0. The summed E-state index contributed by atoms with van der Waals surface area (Å²) in [6, 6.07) is 75.8. The van der Waals surface area contributed by atoms with E-state index in [2.05, 4.69) is 205 Å². The van der Waals surface area contributed by atoms with Gasteiger partial charge in [-0.05, 0) is 86.4 Å². The monoisotopic (exact) mass is 689 g/mol. The third-order valence-electron chi connectivity index (χ3n) is 10.5. The maximum atomic E-state index is 6.57. The van der Waals surface area contributed by atoms with Crippen LogP contribution in [0, 0.1) is 0 Å². The zero-order valence-corrected chi connectivity index (χ0v) is 29.6. The van der Waals surface area contributed by atoms with E-state index in [1.54, 1.807) is 0 Å². The van der Waals surface area contributed by atoms with E-state index in [-0.39, 0.29) is 0 Å². The summed E-state index contributed by atoms with van der Waals surface area (Å²) in [5, 5.41) is 6.01. The number of anilines is 3. The number of para-hydroxylation sites is 1. The number of nitrogens with zero attached hydrogens (tertiary/aromatic N) is 1. The molecule has 0 aliphatic heterocycles. The number of rotatable bonds is 7. The average Bonchev–Trinajstić information content (AvgIpc) is 3.64. The minimum absolute atomic E-state index is 0.883. The molecule has 0 saturated carbocycles. The van der Waals surface area contributed by atoms with Crippen molar-refractivity contribution in [1.82, 2.24) is 0 Å². The van der Waals surface area contributed by atoms with Gasteiger partial charge in [-0.3, -0.25) is 0 Å². The Morgan fingerprint density at radius 2 is 0.926 bits per heavy atom. The highest BCUT2D eigenvalue weighted by molar-refractivity contribution is 6.03. The Labute approximate surface area is 314 Å². The van der Waals surface area contributed by atoms with Crippen molar-refractivity contribution in [3.8, 4) is 44.7 Å². The molecular formula is C52H35NO. The summed E-state index contributed by atoms with van der Waals surface area (Å²) in [5.41, 5.74) is 12.2. The Kier molecular flexibility index (Phi) is 7.85. The van der Waals surface area contributed by atoms with Crippen LogP contribution in [0.4, 0.5) is 17.1 Å². The van der Waals surface area contributed by atoms with Crippen LogP contribution >= 0.6 is 0 Å². The molecule has 10 aromatic rings. The molecule has 54 heavy (non-hydrogen) atoms. The van der Waals surface area contributed by atoms with Gasteiger partial charge in [0, 0.05) is 33.3 Å². The molecule has 0 aliphatic rings. The molecule has 10 rings (SSSR count). The Morgan fingerprint density at radius 1 is 0.333 bits per heavy atom. The van der Waals surface area contributed by atoms with E-state index in [0.717, 1.165) is 61.6 Å². The molecule has 1 aromatic heterocycles. The molecule has 254 valence electrons. The van der Waals surface area contributed by atoms with Crippen molar-refractivity contribution in [3.05, 3.63) is 212 Å². The highest BCUT2D eigenvalue weighted by Crippen LogP contribution is 2.43. The largest absolute Gasteiger partial charge is 0.455 e. The number of hydrogen-bond donors (Lipinski definition) is 0. The van der Waals surface area contributed by atoms with Crippen LogP contribution in [0.1, 0.15) is 0 Å². The predicted octanol–water partition coefficient (Wildman–Crippen LogP) is 14.9. The van der Waals surface area contributed by atoms with Crippen LogP contribution in [0.5, 0.6) is 0 Å². The van der Waals surface area contributed by atoms with Crippen molar-refractivity contribution in [1.29, 1.82) is 0 Å². The van der Waals surface area contributed by atoms with Gasteiger partial charge in [-0.1, -0.05) is 170 Å². The Morgan fingerprint density at radius 3 is 1.76 bits per heavy atom. The van der Waals surface area contributed by atoms with Gasteiger partial charge in [0.05, 0.1) is 5.69 Å². The molecule has 0 saturated heterocycles. The summed E-state index contributed by atoms with van der Waals surface area (Å²) in [4.78, 5) is 2.39. The van der Waals surface area contributed by atoms with Crippen LogP contribution in [-0.4, -0.2) is 0 Å². The third-order valence-corrected chi connectivity index (χ3v) is 10.5. The maximum Gasteiger partial charge on any atom is 0.143 e. The average molecular weight is 690 g/mol. The summed E-state index contributed by atoms with van der Waals surface area (Å²) in [6.45, 7) is 0. The van der Waals surface area contributed by atoms with Gasteiger partial charge in [0.1, 0.15) is 11.3 Å². The lowest BCUT2D eigenvalue weighted by atomic mass is 9.96. The fourth-order valence-electron chi connectivity index (χ4n) is 7.90. The predicted molar refractivity (Wildman–Crippen MR) is 228 cm³/mol. The van der Waals surface area contributed by atoms with Gasteiger partial charge in [0.25, 0.3) is 0 Å². The number of benzene rings is 9. The number of furan rings is 1. The van der Waals surface area contributed by atoms with Crippen LogP contribution in [-0.2, 0) is 0 Å². The standard InChI is InChI=1S/C52H35NO/c1-2-16-39(17-3-1)51-48-26-8-9-29-50(48)54-52(51)42-22-10-20-40(34-42)36-30-32-43(33-31-36)53(49-28-13-19-38-15-5-7-25-47(38)49)44-23-11-21-41(35-44)46-27-12-18-37-14-4-6-24-45(37)46/h1-35H. The number of hydrogen-bond acceptors (Lipinski definition) is 2. The van der Waals surface area contributed by atoms with Gasteiger partial charge in [-0.15, -0.1) is 0 Å². The second-order valence-electron chi connectivity index (χ2n) is 13.7. The van der Waals surface area contributed by atoms with Crippen molar-refractivity contribution >= 4 is 49.6 Å². The van der Waals surface area contributed by atoms with Crippen LogP contribution in [0.15, 0.2) is 217 Å². The quantitative estimate of drug-likeness (QED) is 0.166. The summed E-state index contributed by atoms with van der Waals surface area (Å²) in [5.74, 6) is 0.883. The summed E-state index contributed by atoms with van der Waals surface area (Å²) in [6.07, 6.45) is 0. The smallest absolute Gasteiger partial charge is 0.143 e. The lowest BCUT2D eigenvalue weighted by Crippen LogP contribution is -2.10. The highest BCUT2D eigenvalue weighted by Gasteiger charge is 2.19. The molecule has 1 heterocycles. The molecule has 0 fully saturated rings. The molecule has 0 unspecified atom stereocenters. The molecule has 0 bridgehead atoms. The summed E-state index contributed by atoms with van der Waals surface area (Å²) in [7, 11) is 0. The minimum atomic E-state index is 0.883. The normalized spacial score (nSPS) is 11.3. The van der Waals surface area contributed by atoms with E-state index in [4.69, 9.17) is 4.42 Å². The molecule has 2 heteroatoms. The van der Waals surface area contributed by atoms with Crippen molar-refractivity contribution in [2.45, 2.75) is 0 Å². The summed E-state index contributed by atoms with van der Waals surface area (Å²) >= 11 is 0. The van der Waals surface area contributed by atoms with Gasteiger partial charge >= 0.3 is 0 Å². The Bertz CT molecular complexity index is 2930. The van der Waals surface area contributed by atoms with Crippen LogP contribution in [0.2, 0.25) is 0 Å². The molecule has 0 N–H and O–H groups in total. The first-order valence-electron chi connectivity index (χ1n) is 18.4. The van der Waals surface area contributed by atoms with Gasteiger partial charge in [-0.25, -0.2) is 0 Å². The zero-order chi connectivity index (χ0) is 35.8. The van der Waals surface area contributed by atoms with Crippen LogP contribution < -0.4 is 4.90 Å². The van der Waals surface area contributed by atoms with E-state index in [0.29, 0.717) is 0 Å². The van der Waals surface area contributed by atoms with Gasteiger partial charge in [0.2, 0.25) is 0 Å². The second-order valence-corrected chi connectivity index (χ2v) is 13.7. The first-order chi connectivity index (χ1) is 26.8. The van der Waals surface area contributed by atoms with E-state index >= 15 is 0 Å². The van der Waals surface area contributed by atoms with E-state index < -0.39 is 0 Å². The molecule has 0 spiro atoms. The molecule has 0 atom stereocenters. The zero-order valence-electron chi connectivity index (χ0n) is 29.6. The SMILES string of the molecule is c1ccc(-c2c(-c3cccc(-c4ccc(N(c5cccc(-c6cccc7ccccc67)c5)c5cccc6ccccc56)cc4)c3)oc3ccccc23)cc1. The maximum absolute atomic E-state index is 6.57. The minimum Gasteiger partial charge on any atom is -0.455 e. The van der Waals surface area contributed by atoms with Crippen LogP contribution in [0.3, 0.4) is 0 Å². The summed E-state index contributed by atoms with van der Waals surface area (Å²) < 4.78 is 6.57. The van der Waals surface area contributed by atoms with Crippen LogP contribution in [0.25, 0.3) is 77.2 Å². The first kappa shape index (κ1) is 31.6. The first-order valence-corrected chi connectivity index (χ1v) is 18.4. The lowest BCUT2D eigenvalue weighted by Gasteiger charge is -2.27. The van der Waals surface area contributed by atoms with Crippen molar-refractivity contribution in [3.63, 3.8) is 0 Å². The number of fused-ring (bicyclic) bond motifs is 3. The van der Waals surface area contributed by atoms with Crippen molar-refractivity contribution < 1.29 is 4.42 Å². The Hall–Kier alpha value is -7.16. The van der Waals surface area contributed by atoms with Gasteiger partial charge < -0.3 is 9.32 Å². The molecule has 0 radical (unpaired) electrons. The fourth-order valence-corrected chi connectivity index (χ4v) is 7.90. The molecule has 2 nitrogen and oxygen atoms in total. The molecule has 0 aliphatic carbocycles. The van der Waals surface area contributed by atoms with Crippen molar-refractivity contribution in [2.75, 3.05) is 4.90 Å². The van der Waals surface area contributed by atoms with E-state index in [1.165, 1.54) is 32.7 Å². The topological polar surface area (TPSA) is 16.4 Å². The highest BCUT2D eigenvalue weighted by atomic mass is 16.3. The third kappa shape index (κ3) is 5.62. The van der Waals surface area contributed by atoms with Crippen molar-refractivity contribution in [2.24, 2.45) is 0 Å². The van der Waals surface area contributed by atoms with Gasteiger partial charge in [0.15, 0.2) is 0 Å². The molecule has 9 aromatic carbocycles. The van der Waals surface area contributed by atoms with E-state index in [1.807, 2.05) is 12.1 Å². The molecular weight excluding hydrogens is 655 g/mol. The van der Waals surface area contributed by atoms with Gasteiger partial charge in [-0.2, -0.15) is 0 Å². The lowest BCUT2D eigenvalue weighted by molar-refractivity contribution is 0.632. The van der Waals surface area contributed by atoms with E-state index in [9.17, 15) is 0 Å². The Balaban J connectivity index is 1.07.